The number of rotatable bonds is 5. The average molecular weight is 292 g/mol. The number of pyridine rings is 1. The number of aromatic carboxylic acids is 1. The van der Waals surface area contributed by atoms with E-state index in [9.17, 15) is 14.1 Å². The minimum absolute atomic E-state index is 0.0661. The third-order valence-electron chi connectivity index (χ3n) is 3.14. The zero-order chi connectivity index (χ0) is 14.7. The molecule has 0 radical (unpaired) electrons. The van der Waals surface area contributed by atoms with Crippen molar-refractivity contribution in [3.63, 3.8) is 0 Å². The molecule has 0 saturated heterocycles. The summed E-state index contributed by atoms with van der Waals surface area (Å²) in [6, 6.07) is 7.34. The van der Waals surface area contributed by atoms with E-state index in [1.807, 2.05) is 31.2 Å². The van der Waals surface area contributed by atoms with Crippen molar-refractivity contribution in [2.75, 3.05) is 18.1 Å². The third-order valence-corrected chi connectivity index (χ3v) is 4.44. The summed E-state index contributed by atoms with van der Waals surface area (Å²) in [4.78, 5) is 15.4. The maximum Gasteiger partial charge on any atom is 0.339 e. The van der Waals surface area contributed by atoms with Gasteiger partial charge in [0.2, 0.25) is 0 Å². The van der Waals surface area contributed by atoms with E-state index < -0.39 is 16.8 Å². The number of carboxylic acids is 1. The van der Waals surface area contributed by atoms with E-state index in [-0.39, 0.29) is 10.8 Å². The molecule has 0 aliphatic rings. The normalized spacial score (nSPS) is 13.9. The van der Waals surface area contributed by atoms with Crippen LogP contribution in [0.5, 0.6) is 0 Å². The Morgan fingerprint density at radius 1 is 1.45 bits per heavy atom. The van der Waals surface area contributed by atoms with E-state index in [0.29, 0.717) is 12.2 Å². The molecular weight excluding hydrogens is 276 g/mol. The van der Waals surface area contributed by atoms with E-state index in [0.717, 1.165) is 10.9 Å². The number of hydrogen-bond donors (Lipinski definition) is 2. The standard InChI is InChI=1S/C14H16N2O3S/c1-9(20(2)19)7-16-13-10-5-3-4-6-12(10)15-8-11(13)14(17)18/h3-6,8-9H,7H2,1-2H3,(H,15,16)(H,17,18). The summed E-state index contributed by atoms with van der Waals surface area (Å²) in [5, 5.41) is 13.0. The number of benzene rings is 1. The Bertz CT molecular complexity index is 673. The molecule has 1 heterocycles. The Morgan fingerprint density at radius 3 is 2.80 bits per heavy atom. The van der Waals surface area contributed by atoms with Crippen molar-refractivity contribution >= 4 is 33.4 Å². The molecule has 2 aromatic rings. The van der Waals surface area contributed by atoms with Gasteiger partial charge in [-0.2, -0.15) is 0 Å². The zero-order valence-electron chi connectivity index (χ0n) is 11.3. The summed E-state index contributed by atoms with van der Waals surface area (Å²) in [7, 11) is -0.961. The highest BCUT2D eigenvalue weighted by atomic mass is 32.2. The fourth-order valence-corrected chi connectivity index (χ4v) is 2.18. The van der Waals surface area contributed by atoms with Crippen molar-refractivity contribution in [2.45, 2.75) is 12.2 Å². The lowest BCUT2D eigenvalue weighted by Crippen LogP contribution is -2.22. The second kappa shape index (κ2) is 6.00. The Balaban J connectivity index is 2.44. The monoisotopic (exact) mass is 292 g/mol. The van der Waals surface area contributed by atoms with Gasteiger partial charge in [-0.3, -0.25) is 9.19 Å². The predicted molar refractivity (Wildman–Crippen MR) is 80.7 cm³/mol. The smallest absolute Gasteiger partial charge is 0.339 e. The molecule has 20 heavy (non-hydrogen) atoms. The largest absolute Gasteiger partial charge is 0.478 e. The summed E-state index contributed by atoms with van der Waals surface area (Å²) >= 11 is 0. The molecule has 106 valence electrons. The van der Waals surface area contributed by atoms with Crippen LogP contribution in [0.2, 0.25) is 0 Å². The zero-order valence-corrected chi connectivity index (χ0v) is 12.1. The molecule has 2 unspecified atom stereocenters. The highest BCUT2D eigenvalue weighted by molar-refractivity contribution is 7.84. The van der Waals surface area contributed by atoms with Crippen molar-refractivity contribution in [1.29, 1.82) is 0 Å². The number of fused-ring (bicyclic) bond motifs is 1. The number of carbonyl (C=O) groups is 1. The molecule has 0 saturated carbocycles. The van der Waals surface area contributed by atoms with E-state index in [4.69, 9.17) is 0 Å². The summed E-state index contributed by atoms with van der Waals surface area (Å²) in [5.74, 6) is -1.03. The molecule has 0 aliphatic carbocycles. The SMILES string of the molecule is CC(CNc1c(C(=O)O)cnc2ccccc12)S(C)=O. The molecule has 2 rings (SSSR count). The fraction of sp³-hybridized carbons (Fsp3) is 0.286. The second-order valence-corrected chi connectivity index (χ2v) is 6.36. The fourth-order valence-electron chi connectivity index (χ4n) is 1.86. The highest BCUT2D eigenvalue weighted by Crippen LogP contribution is 2.26. The third kappa shape index (κ3) is 2.96. The molecule has 1 aromatic heterocycles. The number of para-hydroxylation sites is 1. The minimum atomic E-state index is -1.03. The molecule has 2 atom stereocenters. The average Bonchev–Trinajstić information content (AvgIpc) is 2.43. The minimum Gasteiger partial charge on any atom is -0.478 e. The van der Waals surface area contributed by atoms with Gasteiger partial charge in [0.1, 0.15) is 5.56 Å². The topological polar surface area (TPSA) is 79.3 Å². The summed E-state index contributed by atoms with van der Waals surface area (Å²) in [6.07, 6.45) is 2.98. The highest BCUT2D eigenvalue weighted by Gasteiger charge is 2.15. The van der Waals surface area contributed by atoms with Crippen LogP contribution in [-0.4, -0.2) is 38.3 Å². The number of hydrogen-bond acceptors (Lipinski definition) is 4. The molecule has 0 aliphatic heterocycles. The number of carboxylic acid groups (broad SMARTS) is 1. The number of nitrogens with zero attached hydrogens (tertiary/aromatic N) is 1. The summed E-state index contributed by atoms with van der Waals surface area (Å²) < 4.78 is 11.4. The van der Waals surface area contributed by atoms with Crippen LogP contribution in [0.25, 0.3) is 10.9 Å². The maximum atomic E-state index is 11.4. The van der Waals surface area contributed by atoms with Crippen molar-refractivity contribution < 1.29 is 14.1 Å². The van der Waals surface area contributed by atoms with Crippen LogP contribution in [0.1, 0.15) is 17.3 Å². The molecule has 0 spiro atoms. The van der Waals surface area contributed by atoms with E-state index >= 15 is 0 Å². The van der Waals surface area contributed by atoms with Gasteiger partial charge in [-0.05, 0) is 13.0 Å². The Labute approximate surface area is 119 Å². The number of aromatic nitrogens is 1. The van der Waals surface area contributed by atoms with Crippen LogP contribution in [0, 0.1) is 0 Å². The first-order valence-corrected chi connectivity index (χ1v) is 7.80. The van der Waals surface area contributed by atoms with Crippen molar-refractivity contribution in [1.82, 2.24) is 4.98 Å². The van der Waals surface area contributed by atoms with Crippen LogP contribution in [0.15, 0.2) is 30.5 Å². The summed E-state index contributed by atoms with van der Waals surface area (Å²) in [6.45, 7) is 2.30. The van der Waals surface area contributed by atoms with Crippen LogP contribution in [0.3, 0.4) is 0 Å². The first kappa shape index (κ1) is 14.5. The van der Waals surface area contributed by atoms with Gasteiger partial charge in [-0.25, -0.2) is 4.79 Å². The van der Waals surface area contributed by atoms with Gasteiger partial charge in [0.15, 0.2) is 0 Å². The lowest BCUT2D eigenvalue weighted by atomic mass is 10.1. The second-order valence-electron chi connectivity index (χ2n) is 4.56. The Hall–Kier alpha value is -1.95. The van der Waals surface area contributed by atoms with Gasteiger partial charge >= 0.3 is 5.97 Å². The van der Waals surface area contributed by atoms with Gasteiger partial charge in [-0.15, -0.1) is 0 Å². The first-order chi connectivity index (χ1) is 9.50. The number of nitrogens with one attached hydrogen (secondary N) is 1. The molecule has 6 heteroatoms. The number of anilines is 1. The first-order valence-electron chi connectivity index (χ1n) is 6.18. The van der Waals surface area contributed by atoms with Crippen LogP contribution in [0.4, 0.5) is 5.69 Å². The van der Waals surface area contributed by atoms with Crippen molar-refractivity contribution in [3.8, 4) is 0 Å². The quantitative estimate of drug-likeness (QED) is 0.882. The van der Waals surface area contributed by atoms with E-state index in [1.54, 1.807) is 6.26 Å². The van der Waals surface area contributed by atoms with E-state index in [2.05, 4.69) is 10.3 Å². The molecule has 0 bridgehead atoms. The van der Waals surface area contributed by atoms with E-state index in [1.165, 1.54) is 6.20 Å². The van der Waals surface area contributed by atoms with Crippen LogP contribution < -0.4 is 5.32 Å². The van der Waals surface area contributed by atoms with Gasteiger partial charge in [0.05, 0.1) is 11.2 Å². The molecule has 2 N–H and O–H groups in total. The van der Waals surface area contributed by atoms with Crippen LogP contribution >= 0.6 is 0 Å². The van der Waals surface area contributed by atoms with Crippen molar-refractivity contribution in [3.05, 3.63) is 36.0 Å². The molecule has 5 nitrogen and oxygen atoms in total. The molecule has 0 amide bonds. The lowest BCUT2D eigenvalue weighted by Gasteiger charge is -2.15. The van der Waals surface area contributed by atoms with Gasteiger partial charge in [0, 0.05) is 40.4 Å². The molecule has 1 aromatic carbocycles. The van der Waals surface area contributed by atoms with Crippen molar-refractivity contribution in [2.24, 2.45) is 0 Å². The van der Waals surface area contributed by atoms with Gasteiger partial charge < -0.3 is 10.4 Å². The molecular formula is C14H16N2O3S. The molecule has 0 fully saturated rings. The lowest BCUT2D eigenvalue weighted by molar-refractivity contribution is 0.0697. The maximum absolute atomic E-state index is 11.4. The Kier molecular flexibility index (Phi) is 4.34. The van der Waals surface area contributed by atoms with Crippen LogP contribution in [-0.2, 0) is 10.8 Å². The summed E-state index contributed by atoms with van der Waals surface area (Å²) in [5.41, 5.74) is 1.38. The predicted octanol–water partition coefficient (Wildman–Crippen LogP) is 2.11. The Morgan fingerprint density at radius 2 is 2.15 bits per heavy atom. The van der Waals surface area contributed by atoms with Gasteiger partial charge in [-0.1, -0.05) is 18.2 Å². The van der Waals surface area contributed by atoms with Gasteiger partial charge in [0.25, 0.3) is 0 Å².